The Bertz CT molecular complexity index is 953. The van der Waals surface area contributed by atoms with E-state index in [1.807, 2.05) is 0 Å². The molecule has 0 aliphatic rings. The van der Waals surface area contributed by atoms with Crippen LogP contribution in [0.25, 0.3) is 0 Å². The Kier molecular flexibility index (Phi) is 23.2. The molecule has 0 aromatic rings. The fraction of sp³-hybridized carbons (Fsp3) is 0.750. The highest BCUT2D eigenvalue weighted by Crippen LogP contribution is 2.60. The van der Waals surface area contributed by atoms with Gasteiger partial charge in [0.15, 0.2) is 0 Å². The molecule has 0 amide bonds. The molecule has 0 aliphatic carbocycles. The first-order valence-electron chi connectivity index (χ1n) is 17.4. The zero-order valence-electron chi connectivity index (χ0n) is 32.4. The van der Waals surface area contributed by atoms with Gasteiger partial charge < -0.3 is 56.8 Å². The standard InChI is InChI=1S/C36H62O15/c1-14-33(34(43-15-2,44-16-3)49-24-21-40-30(37)27(8)9,35(45-17-4,46-18-5)50-25-22-41-31(38)28(10)11)36(47-19-6,48-20-7)51-26-23-42-32(39)29(12)13/h8,10,12,14-26H2,1-7,9,11,13H3. The van der Waals surface area contributed by atoms with Crippen LogP contribution in [0.3, 0.4) is 0 Å². The zero-order chi connectivity index (χ0) is 39.1. The van der Waals surface area contributed by atoms with Crippen LogP contribution in [0.4, 0.5) is 0 Å². The number of carbonyl (C=O) groups excluding carboxylic acids is 3. The van der Waals surface area contributed by atoms with E-state index >= 15 is 0 Å². The highest BCUT2D eigenvalue weighted by molar-refractivity contribution is 5.87. The molecule has 0 aliphatic heterocycles. The van der Waals surface area contributed by atoms with Gasteiger partial charge in [0, 0.05) is 56.4 Å². The lowest BCUT2D eigenvalue weighted by atomic mass is 9.74. The van der Waals surface area contributed by atoms with Crippen molar-refractivity contribution in [1.82, 2.24) is 0 Å². The Morgan fingerprint density at radius 2 is 0.608 bits per heavy atom. The summed E-state index contributed by atoms with van der Waals surface area (Å²) in [6.45, 7) is 25.8. The molecule has 0 aromatic carbocycles. The van der Waals surface area contributed by atoms with Crippen molar-refractivity contribution in [3.05, 3.63) is 36.5 Å². The number of rotatable bonds is 31. The fourth-order valence-electron chi connectivity index (χ4n) is 5.14. The smallest absolute Gasteiger partial charge is 0.333 e. The van der Waals surface area contributed by atoms with Crippen LogP contribution < -0.4 is 0 Å². The van der Waals surface area contributed by atoms with Crippen molar-refractivity contribution in [2.24, 2.45) is 5.41 Å². The number of esters is 3. The van der Waals surface area contributed by atoms with Crippen molar-refractivity contribution in [1.29, 1.82) is 0 Å². The molecule has 0 saturated carbocycles. The third-order valence-electron chi connectivity index (χ3n) is 6.98. The van der Waals surface area contributed by atoms with Gasteiger partial charge in [-0.3, -0.25) is 0 Å². The highest BCUT2D eigenvalue weighted by atomic mass is 16.9. The minimum Gasteiger partial charge on any atom is -0.460 e. The van der Waals surface area contributed by atoms with Crippen LogP contribution in [0.15, 0.2) is 36.5 Å². The normalized spacial score (nSPS) is 12.4. The summed E-state index contributed by atoms with van der Waals surface area (Å²) in [5.41, 5.74) is -1.51. The molecule has 0 atom stereocenters. The second kappa shape index (κ2) is 24.5. The van der Waals surface area contributed by atoms with Gasteiger partial charge in [-0.2, -0.15) is 0 Å². The van der Waals surface area contributed by atoms with Crippen molar-refractivity contribution in [3.8, 4) is 0 Å². The number of carbonyl (C=O) groups is 3. The minimum absolute atomic E-state index is 0.0115. The summed E-state index contributed by atoms with van der Waals surface area (Å²) in [6.07, 6.45) is -0.0876. The second-order valence-corrected chi connectivity index (χ2v) is 10.8. The maximum atomic E-state index is 12.3. The molecule has 15 heteroatoms. The molecule has 51 heavy (non-hydrogen) atoms. The molecule has 0 bridgehead atoms. The lowest BCUT2D eigenvalue weighted by Crippen LogP contribution is -2.78. The quantitative estimate of drug-likeness (QED) is 0.0308. The molecule has 0 heterocycles. The summed E-state index contributed by atoms with van der Waals surface area (Å²) < 4.78 is 74.3. The first-order valence-corrected chi connectivity index (χ1v) is 17.4. The van der Waals surface area contributed by atoms with Crippen LogP contribution in [-0.4, -0.2) is 115 Å². The van der Waals surface area contributed by atoms with E-state index < -0.39 is 41.2 Å². The highest BCUT2D eigenvalue weighted by Gasteiger charge is 2.81. The average molecular weight is 735 g/mol. The van der Waals surface area contributed by atoms with Gasteiger partial charge in [-0.25, -0.2) is 14.4 Å². The number of hydrogen-bond donors (Lipinski definition) is 0. The van der Waals surface area contributed by atoms with Crippen molar-refractivity contribution in [2.45, 2.75) is 93.6 Å². The van der Waals surface area contributed by atoms with E-state index in [0.717, 1.165) is 0 Å². The van der Waals surface area contributed by atoms with Gasteiger partial charge in [0.2, 0.25) is 5.41 Å². The summed E-state index contributed by atoms with van der Waals surface area (Å²) in [6, 6.07) is 0. The summed E-state index contributed by atoms with van der Waals surface area (Å²) in [4.78, 5) is 36.8. The Balaban J connectivity index is 8.00. The third kappa shape index (κ3) is 12.7. The summed E-state index contributed by atoms with van der Waals surface area (Å²) in [5, 5.41) is 0. The van der Waals surface area contributed by atoms with E-state index in [9.17, 15) is 14.4 Å². The van der Waals surface area contributed by atoms with Crippen LogP contribution >= 0.6 is 0 Å². The zero-order valence-corrected chi connectivity index (χ0v) is 32.4. The van der Waals surface area contributed by atoms with Gasteiger partial charge in [-0.1, -0.05) is 26.7 Å². The summed E-state index contributed by atoms with van der Waals surface area (Å²) >= 11 is 0. The number of ether oxygens (including phenoxy) is 12. The molecule has 0 aromatic heterocycles. The van der Waals surface area contributed by atoms with Crippen LogP contribution in [-0.2, 0) is 71.2 Å². The van der Waals surface area contributed by atoms with Crippen molar-refractivity contribution in [3.63, 3.8) is 0 Å². The van der Waals surface area contributed by atoms with Crippen LogP contribution in [0.5, 0.6) is 0 Å². The first-order chi connectivity index (χ1) is 24.2. The minimum atomic E-state index is -2.28. The van der Waals surface area contributed by atoms with E-state index in [1.165, 1.54) is 20.8 Å². The molecule has 0 unspecified atom stereocenters. The second-order valence-electron chi connectivity index (χ2n) is 10.8. The van der Waals surface area contributed by atoms with Gasteiger partial charge >= 0.3 is 35.8 Å². The monoisotopic (exact) mass is 734 g/mol. The topological polar surface area (TPSA) is 162 Å². The molecular weight excluding hydrogens is 672 g/mol. The van der Waals surface area contributed by atoms with Crippen LogP contribution in [0, 0.1) is 5.41 Å². The molecule has 0 N–H and O–H groups in total. The molecule has 0 spiro atoms. The van der Waals surface area contributed by atoms with E-state index in [1.54, 1.807) is 48.5 Å². The molecule has 296 valence electrons. The van der Waals surface area contributed by atoms with Crippen molar-refractivity contribution < 1.29 is 71.2 Å². The fourth-order valence-corrected chi connectivity index (χ4v) is 5.14. The Morgan fingerprint density at radius 3 is 0.765 bits per heavy atom. The maximum Gasteiger partial charge on any atom is 0.333 e. The largest absolute Gasteiger partial charge is 0.460 e. The molecule has 0 rings (SSSR count). The Morgan fingerprint density at radius 1 is 0.392 bits per heavy atom. The molecule has 0 radical (unpaired) electrons. The van der Waals surface area contributed by atoms with Crippen molar-refractivity contribution >= 4 is 17.9 Å². The van der Waals surface area contributed by atoms with Gasteiger partial charge in [0.25, 0.3) is 0 Å². The summed E-state index contributed by atoms with van der Waals surface area (Å²) in [7, 11) is 0. The molecule has 0 fully saturated rings. The van der Waals surface area contributed by atoms with E-state index in [-0.39, 0.29) is 102 Å². The molecule has 0 saturated heterocycles. The lowest BCUT2D eigenvalue weighted by Gasteiger charge is -2.60. The Hall–Kier alpha value is -2.73. The predicted molar refractivity (Wildman–Crippen MR) is 186 cm³/mol. The summed E-state index contributed by atoms with van der Waals surface area (Å²) in [5.74, 6) is -8.73. The van der Waals surface area contributed by atoms with Crippen molar-refractivity contribution in [2.75, 3.05) is 79.3 Å². The lowest BCUT2D eigenvalue weighted by molar-refractivity contribution is -0.600. The van der Waals surface area contributed by atoms with Gasteiger partial charge in [-0.05, 0) is 68.7 Å². The number of hydrogen-bond acceptors (Lipinski definition) is 15. The third-order valence-corrected chi connectivity index (χ3v) is 6.98. The maximum absolute atomic E-state index is 12.3. The predicted octanol–water partition coefficient (Wildman–Crippen LogP) is 4.97. The molecule has 15 nitrogen and oxygen atoms in total. The van der Waals surface area contributed by atoms with Gasteiger partial charge in [0.1, 0.15) is 19.8 Å². The van der Waals surface area contributed by atoms with Gasteiger partial charge in [-0.15, -0.1) is 0 Å². The van der Waals surface area contributed by atoms with Crippen LogP contribution in [0.2, 0.25) is 0 Å². The van der Waals surface area contributed by atoms with Crippen LogP contribution in [0.1, 0.15) is 75.7 Å². The van der Waals surface area contributed by atoms with E-state index in [0.29, 0.717) is 0 Å². The average Bonchev–Trinajstić information content (AvgIpc) is 3.07. The molecular formula is C36H62O15. The SMILES string of the molecule is C=C(C)C(=O)OCCOC(OCC)(OCC)C(CC)(C(OCC)(OCC)OCCOC(=O)C(=C)C)C(OCC)(OCC)OCCOC(=O)C(=C)C. The van der Waals surface area contributed by atoms with Gasteiger partial charge in [0.05, 0.1) is 19.8 Å². The van der Waals surface area contributed by atoms with E-state index in [2.05, 4.69) is 19.7 Å². The first kappa shape index (κ1) is 48.3. The Labute approximate surface area is 303 Å². The van der Waals surface area contributed by atoms with E-state index in [4.69, 9.17) is 56.8 Å².